The van der Waals surface area contributed by atoms with Crippen molar-refractivity contribution < 1.29 is 64.2 Å². The maximum atomic E-state index is 11.9. The molecular weight excluding hydrogens is 676 g/mol. The highest BCUT2D eigenvalue weighted by Gasteiger charge is 2.69. The molecule has 4 aliphatic carbocycles. The summed E-state index contributed by atoms with van der Waals surface area (Å²) < 4.78 is 37.0. The van der Waals surface area contributed by atoms with Crippen molar-refractivity contribution in [3.63, 3.8) is 0 Å². The second kappa shape index (κ2) is 13.7. The number of fused-ring (bicyclic) bond motifs is 7. The zero-order chi connectivity index (χ0) is 37.1. The second-order valence-electron chi connectivity index (χ2n) is 18.4. The highest BCUT2D eigenvalue weighted by atomic mass is 16.7. The quantitative estimate of drug-likeness (QED) is 0.200. The molecule has 0 unspecified atom stereocenters. The molecule has 52 heavy (non-hydrogen) atoms. The van der Waals surface area contributed by atoms with Crippen LogP contribution in [0.3, 0.4) is 0 Å². The molecule has 296 valence electrons. The number of ether oxygens (including phenoxy) is 6. The Kier molecular flexibility index (Phi) is 10.0. The molecule has 0 bridgehead atoms. The van der Waals surface area contributed by atoms with E-state index in [9.17, 15) is 35.7 Å². The Labute approximate surface area is 306 Å². The predicted octanol–water partition coefficient (Wildman–Crippen LogP) is 1.36. The summed E-state index contributed by atoms with van der Waals surface area (Å²) in [4.78, 5) is 0. The van der Waals surface area contributed by atoms with Gasteiger partial charge < -0.3 is 64.2 Å². The summed E-state index contributed by atoms with van der Waals surface area (Å²) in [5, 5.41) is 75.0. The van der Waals surface area contributed by atoms with Crippen molar-refractivity contribution in [3.05, 3.63) is 11.6 Å². The van der Waals surface area contributed by atoms with Gasteiger partial charge in [0.1, 0.15) is 42.7 Å². The van der Waals surface area contributed by atoms with Crippen LogP contribution in [0.4, 0.5) is 0 Å². The topological polar surface area (TPSA) is 197 Å². The molecule has 22 atom stereocenters. The first-order valence-electron chi connectivity index (χ1n) is 20.0. The summed E-state index contributed by atoms with van der Waals surface area (Å²) in [7, 11) is 0. The van der Waals surface area contributed by atoms with Crippen LogP contribution < -0.4 is 0 Å². The van der Waals surface area contributed by atoms with Crippen molar-refractivity contribution in [2.75, 3.05) is 13.2 Å². The SMILES string of the molecule is C[C@@H]1CC[C@@]2(OC1)O[C@H]1C[C@H]3[C@@H]4[C@H](O)C=C5C[C@@H](O[C@@H]6O[C@H](CO)[C@@H](O[C@@H]7O[C@@H](C)[C@H](O)[C@@H](O)[C@H]7O)[C@H](O)[C@H]6O)CC[C@]5(C)[C@H]4CC[C@]3(C)[C@H]1[C@@H]2C. The standard InChI is InChI=1S/C39H62O13/c1-17-6-11-39(47-16-17)18(2)28-25(52-39)14-23-27-22(8-10-38(23,28)5)37(4)9-7-21(12-20(37)13-24(27)41)49-36-33(46)31(44)34(26(15-40)50-36)51-35-32(45)30(43)29(42)19(3)48-35/h13,17-19,21-36,40-46H,6-12,14-16H2,1-5H3/t17-,18+,19+,21+,22+,23+,24-,25+,26-,27-,28+,29+,30-,31-,32-,33-,34-,35+,36-,37+,38+,39-/m1/s1. The first-order chi connectivity index (χ1) is 24.6. The average molecular weight is 739 g/mol. The van der Waals surface area contributed by atoms with E-state index in [0.717, 1.165) is 50.7 Å². The maximum absolute atomic E-state index is 11.9. The molecule has 8 aliphatic rings. The summed E-state index contributed by atoms with van der Waals surface area (Å²) in [6.45, 7) is 11.1. The largest absolute Gasteiger partial charge is 0.394 e. The first-order valence-corrected chi connectivity index (χ1v) is 20.0. The molecule has 13 heteroatoms. The Hall–Kier alpha value is -0.780. The Morgan fingerprint density at radius 3 is 2.25 bits per heavy atom. The lowest BCUT2D eigenvalue weighted by Crippen LogP contribution is -2.64. The minimum absolute atomic E-state index is 0.0742. The van der Waals surface area contributed by atoms with Crippen molar-refractivity contribution in [1.29, 1.82) is 0 Å². The summed E-state index contributed by atoms with van der Waals surface area (Å²) in [5.41, 5.74) is 1.13. The van der Waals surface area contributed by atoms with E-state index in [4.69, 9.17) is 28.4 Å². The van der Waals surface area contributed by atoms with E-state index in [1.54, 1.807) is 0 Å². The fraction of sp³-hybridized carbons (Fsp3) is 0.949. The van der Waals surface area contributed by atoms with E-state index >= 15 is 0 Å². The van der Waals surface area contributed by atoms with Gasteiger partial charge in [-0.2, -0.15) is 0 Å². The van der Waals surface area contributed by atoms with Gasteiger partial charge in [0.2, 0.25) is 0 Å². The average Bonchev–Trinajstić information content (AvgIpc) is 3.56. The molecule has 0 aromatic heterocycles. The Balaban J connectivity index is 0.934. The molecule has 0 aromatic carbocycles. The molecule has 7 N–H and O–H groups in total. The fourth-order valence-corrected chi connectivity index (χ4v) is 12.6. The molecule has 1 spiro atoms. The van der Waals surface area contributed by atoms with Crippen molar-refractivity contribution in [2.24, 2.45) is 46.3 Å². The van der Waals surface area contributed by atoms with Crippen LogP contribution in [0, 0.1) is 46.3 Å². The van der Waals surface area contributed by atoms with Crippen LogP contribution in [0.25, 0.3) is 0 Å². The Morgan fingerprint density at radius 1 is 0.808 bits per heavy atom. The van der Waals surface area contributed by atoms with Crippen molar-refractivity contribution in [2.45, 2.75) is 171 Å². The molecule has 13 nitrogen and oxygen atoms in total. The molecule has 4 aliphatic heterocycles. The van der Waals surface area contributed by atoms with Gasteiger partial charge in [-0.3, -0.25) is 0 Å². The monoisotopic (exact) mass is 738 g/mol. The summed E-state index contributed by atoms with van der Waals surface area (Å²) >= 11 is 0. The Bertz CT molecular complexity index is 1340. The summed E-state index contributed by atoms with van der Waals surface area (Å²) in [6, 6.07) is 0. The predicted molar refractivity (Wildman–Crippen MR) is 183 cm³/mol. The van der Waals surface area contributed by atoms with Gasteiger partial charge in [0.05, 0.1) is 37.6 Å². The molecule has 4 saturated heterocycles. The van der Waals surface area contributed by atoms with Gasteiger partial charge in [-0.15, -0.1) is 0 Å². The molecular formula is C39H62O13. The van der Waals surface area contributed by atoms with E-state index in [0.29, 0.717) is 42.4 Å². The molecule has 0 aromatic rings. The second-order valence-corrected chi connectivity index (χ2v) is 18.4. The molecule has 0 amide bonds. The van der Waals surface area contributed by atoms with Crippen LogP contribution in [-0.2, 0) is 28.4 Å². The third kappa shape index (κ3) is 5.82. The lowest BCUT2D eigenvalue weighted by Gasteiger charge is -2.59. The Morgan fingerprint density at radius 2 is 1.54 bits per heavy atom. The zero-order valence-electron chi connectivity index (χ0n) is 31.2. The summed E-state index contributed by atoms with van der Waals surface area (Å²) in [5.74, 6) is 1.65. The maximum Gasteiger partial charge on any atom is 0.187 e. The van der Waals surface area contributed by atoms with Gasteiger partial charge in [-0.25, -0.2) is 0 Å². The van der Waals surface area contributed by atoms with Gasteiger partial charge in [-0.05, 0) is 92.3 Å². The van der Waals surface area contributed by atoms with Gasteiger partial charge in [0, 0.05) is 12.3 Å². The number of aliphatic hydroxyl groups excluding tert-OH is 7. The number of aliphatic hydroxyl groups is 7. The van der Waals surface area contributed by atoms with E-state index in [-0.39, 0.29) is 29.0 Å². The third-order valence-electron chi connectivity index (χ3n) is 15.6. The van der Waals surface area contributed by atoms with Gasteiger partial charge in [0.25, 0.3) is 0 Å². The molecule has 0 radical (unpaired) electrons. The number of rotatable bonds is 5. The molecule has 7 fully saturated rings. The third-order valence-corrected chi connectivity index (χ3v) is 15.6. The zero-order valence-corrected chi connectivity index (χ0v) is 31.2. The normalized spacial score (nSPS) is 58.9. The molecule has 8 rings (SSSR count). The van der Waals surface area contributed by atoms with Gasteiger partial charge in [0.15, 0.2) is 18.4 Å². The number of hydrogen-bond acceptors (Lipinski definition) is 13. The van der Waals surface area contributed by atoms with Crippen molar-refractivity contribution in [1.82, 2.24) is 0 Å². The molecule has 4 heterocycles. The lowest BCUT2D eigenvalue weighted by atomic mass is 9.46. The summed E-state index contributed by atoms with van der Waals surface area (Å²) in [6.07, 6.45) is -5.10. The van der Waals surface area contributed by atoms with Crippen LogP contribution in [0.15, 0.2) is 11.6 Å². The smallest absolute Gasteiger partial charge is 0.187 e. The highest BCUT2D eigenvalue weighted by Crippen LogP contribution is 2.70. The van der Waals surface area contributed by atoms with Crippen molar-refractivity contribution in [3.8, 4) is 0 Å². The fourth-order valence-electron chi connectivity index (χ4n) is 12.6. The minimum atomic E-state index is -1.63. The highest BCUT2D eigenvalue weighted by molar-refractivity contribution is 5.29. The van der Waals surface area contributed by atoms with E-state index in [1.807, 2.05) is 0 Å². The van der Waals surface area contributed by atoms with E-state index < -0.39 is 79.9 Å². The van der Waals surface area contributed by atoms with Crippen LogP contribution in [0.2, 0.25) is 0 Å². The van der Waals surface area contributed by atoms with Crippen LogP contribution in [0.1, 0.15) is 86.0 Å². The van der Waals surface area contributed by atoms with Crippen LogP contribution in [-0.4, -0.2) is 134 Å². The van der Waals surface area contributed by atoms with Crippen molar-refractivity contribution >= 4 is 0 Å². The minimum Gasteiger partial charge on any atom is -0.394 e. The lowest BCUT2D eigenvalue weighted by molar-refractivity contribution is -0.360. The van der Waals surface area contributed by atoms with Gasteiger partial charge >= 0.3 is 0 Å². The van der Waals surface area contributed by atoms with Crippen LogP contribution >= 0.6 is 0 Å². The van der Waals surface area contributed by atoms with Crippen LogP contribution in [0.5, 0.6) is 0 Å². The van der Waals surface area contributed by atoms with E-state index in [2.05, 4.69) is 33.8 Å². The number of hydrogen-bond donors (Lipinski definition) is 7. The van der Waals surface area contributed by atoms with E-state index in [1.165, 1.54) is 6.92 Å². The molecule has 3 saturated carbocycles. The first kappa shape index (κ1) is 38.1. The van der Waals surface area contributed by atoms with Gasteiger partial charge in [-0.1, -0.05) is 39.3 Å².